The lowest BCUT2D eigenvalue weighted by Gasteiger charge is -2.15. The molecule has 0 saturated carbocycles. The maximum atomic E-state index is 12.0. The van der Waals surface area contributed by atoms with E-state index in [0.29, 0.717) is 27.1 Å². The zero-order valence-electron chi connectivity index (χ0n) is 15.2. The van der Waals surface area contributed by atoms with E-state index in [-0.39, 0.29) is 17.6 Å². The van der Waals surface area contributed by atoms with Gasteiger partial charge in [-0.2, -0.15) is 5.10 Å². The molecule has 1 aromatic carbocycles. The van der Waals surface area contributed by atoms with Crippen LogP contribution in [0.3, 0.4) is 0 Å². The lowest BCUT2D eigenvalue weighted by atomic mass is 9.93. The molecule has 0 aliphatic carbocycles. The topological polar surface area (TPSA) is 92.3 Å². The van der Waals surface area contributed by atoms with Crippen molar-refractivity contribution in [2.45, 2.75) is 46.1 Å². The summed E-state index contributed by atoms with van der Waals surface area (Å²) in [5, 5.41) is 12.7. The van der Waals surface area contributed by atoms with Gasteiger partial charge in [0.2, 0.25) is 5.95 Å². The highest BCUT2D eigenvalue weighted by Gasteiger charge is 2.20. The van der Waals surface area contributed by atoms with Gasteiger partial charge in [-0.1, -0.05) is 44.0 Å². The molecule has 2 N–H and O–H groups in total. The van der Waals surface area contributed by atoms with Gasteiger partial charge in [-0.05, 0) is 31.5 Å². The summed E-state index contributed by atoms with van der Waals surface area (Å²) in [6, 6.07) is 3.35. The Hall–Kier alpha value is -2.12. The van der Waals surface area contributed by atoms with Crippen molar-refractivity contribution in [3.8, 4) is 5.75 Å². The Bertz CT molecular complexity index is 849. The molecule has 0 aliphatic rings. The molecule has 2 rings (SSSR count). The minimum Gasteiger partial charge on any atom is -0.488 e. The van der Waals surface area contributed by atoms with Crippen LogP contribution in [0.2, 0.25) is 10.0 Å². The fraction of sp³-hybridized carbons (Fsp3) is 0.412. The molecule has 9 heteroatoms. The Morgan fingerprint density at radius 3 is 2.35 bits per heavy atom. The predicted molar refractivity (Wildman–Crippen MR) is 105 cm³/mol. The Morgan fingerprint density at radius 1 is 1.23 bits per heavy atom. The smallest absolute Gasteiger partial charge is 0.274 e. The van der Waals surface area contributed by atoms with E-state index in [4.69, 9.17) is 27.9 Å². The molecule has 0 atom stereocenters. The molecule has 0 unspecified atom stereocenters. The van der Waals surface area contributed by atoms with Crippen molar-refractivity contribution in [2.75, 3.05) is 5.43 Å². The first-order chi connectivity index (χ1) is 12.1. The molecule has 0 amide bonds. The number of nitrogens with one attached hydrogen (secondary N) is 2. The zero-order chi connectivity index (χ0) is 19.5. The second-order valence-corrected chi connectivity index (χ2v) is 7.77. The average Bonchev–Trinajstić information content (AvgIpc) is 2.49. The quantitative estimate of drug-likeness (QED) is 0.587. The maximum Gasteiger partial charge on any atom is 0.274 e. The van der Waals surface area contributed by atoms with Crippen LogP contribution in [0, 0.1) is 0 Å². The van der Waals surface area contributed by atoms with Crippen LogP contribution in [0.15, 0.2) is 22.0 Å². The lowest BCUT2D eigenvalue weighted by molar-refractivity contribution is 0.243. The third-order valence-corrected chi connectivity index (χ3v) is 3.73. The molecule has 0 fully saturated rings. The maximum absolute atomic E-state index is 12.0. The number of H-pyrrole nitrogens is 1. The van der Waals surface area contributed by atoms with Gasteiger partial charge < -0.3 is 4.74 Å². The van der Waals surface area contributed by atoms with Gasteiger partial charge in [0.05, 0.1) is 22.4 Å². The van der Waals surface area contributed by atoms with Crippen LogP contribution in [-0.2, 0) is 5.41 Å². The number of anilines is 1. The van der Waals surface area contributed by atoms with Crippen molar-refractivity contribution >= 4 is 35.4 Å². The van der Waals surface area contributed by atoms with Crippen molar-refractivity contribution in [1.82, 2.24) is 15.2 Å². The van der Waals surface area contributed by atoms with E-state index in [2.05, 4.69) is 25.7 Å². The molecule has 0 bridgehead atoms. The van der Waals surface area contributed by atoms with E-state index in [9.17, 15) is 4.79 Å². The molecule has 26 heavy (non-hydrogen) atoms. The number of aromatic amines is 1. The molecular weight excluding hydrogens is 377 g/mol. The molecule has 1 heterocycles. The van der Waals surface area contributed by atoms with E-state index >= 15 is 0 Å². The van der Waals surface area contributed by atoms with E-state index in [1.807, 2.05) is 34.6 Å². The van der Waals surface area contributed by atoms with Crippen LogP contribution in [0.25, 0.3) is 0 Å². The first-order valence-corrected chi connectivity index (χ1v) is 8.75. The normalized spacial score (nSPS) is 12.0. The summed E-state index contributed by atoms with van der Waals surface area (Å²) < 4.78 is 5.57. The number of hydrogen-bond donors (Lipinski definition) is 2. The molecular formula is C17H21Cl2N5O2. The fourth-order valence-corrected chi connectivity index (χ4v) is 2.64. The third-order valence-electron chi connectivity index (χ3n) is 3.17. The summed E-state index contributed by atoms with van der Waals surface area (Å²) in [5.74, 6) is 0.567. The predicted octanol–water partition coefficient (Wildman–Crippen LogP) is 4.00. The van der Waals surface area contributed by atoms with Gasteiger partial charge in [0.15, 0.2) is 5.75 Å². The Kier molecular flexibility index (Phi) is 6.26. The summed E-state index contributed by atoms with van der Waals surface area (Å²) in [5.41, 5.74) is 2.93. The number of nitrogens with zero attached hydrogens (tertiary/aromatic N) is 3. The van der Waals surface area contributed by atoms with Gasteiger partial charge in [0, 0.05) is 5.41 Å². The monoisotopic (exact) mass is 397 g/mol. The number of rotatable bonds is 5. The van der Waals surface area contributed by atoms with Gasteiger partial charge in [-0.25, -0.2) is 5.43 Å². The SMILES string of the molecule is CC(C)Oc1c(Cl)cc(/C=N/Nc2nnc(C(C)(C)C)c(=O)[nH]2)cc1Cl. The van der Waals surface area contributed by atoms with Crippen LogP contribution in [0.4, 0.5) is 5.95 Å². The summed E-state index contributed by atoms with van der Waals surface area (Å²) in [4.78, 5) is 14.6. The molecule has 1 aromatic heterocycles. The van der Waals surface area contributed by atoms with E-state index in [1.165, 1.54) is 6.21 Å². The molecule has 140 valence electrons. The van der Waals surface area contributed by atoms with Crippen molar-refractivity contribution in [1.29, 1.82) is 0 Å². The van der Waals surface area contributed by atoms with Crippen LogP contribution < -0.4 is 15.7 Å². The number of aromatic nitrogens is 3. The number of ether oxygens (including phenoxy) is 1. The van der Waals surface area contributed by atoms with Gasteiger partial charge in [0.1, 0.15) is 5.69 Å². The van der Waals surface area contributed by atoms with Crippen molar-refractivity contribution in [3.05, 3.63) is 43.8 Å². The summed E-state index contributed by atoms with van der Waals surface area (Å²) in [7, 11) is 0. The zero-order valence-corrected chi connectivity index (χ0v) is 16.7. The molecule has 0 saturated heterocycles. The van der Waals surface area contributed by atoms with Crippen LogP contribution >= 0.6 is 23.2 Å². The summed E-state index contributed by atoms with van der Waals surface area (Å²) in [6.07, 6.45) is 1.45. The van der Waals surface area contributed by atoms with Gasteiger partial charge in [-0.3, -0.25) is 9.78 Å². The number of halogens is 2. The first kappa shape index (κ1) is 20.2. The molecule has 2 aromatic rings. The van der Waals surface area contributed by atoms with Gasteiger partial charge >= 0.3 is 0 Å². The van der Waals surface area contributed by atoms with Gasteiger partial charge in [0.25, 0.3) is 5.56 Å². The second kappa shape index (κ2) is 8.05. The van der Waals surface area contributed by atoms with E-state index < -0.39 is 5.41 Å². The standard InChI is InChI=1S/C17H21Cl2N5O2/c1-9(2)26-13-11(18)6-10(7-12(13)19)8-20-23-16-21-15(25)14(22-24-16)17(3,4)5/h6-9H,1-5H3,(H2,21,23,24,25)/b20-8+. The van der Waals surface area contributed by atoms with E-state index in [1.54, 1.807) is 12.1 Å². The minimum atomic E-state index is -0.393. The van der Waals surface area contributed by atoms with Crippen LogP contribution in [0.5, 0.6) is 5.75 Å². The largest absolute Gasteiger partial charge is 0.488 e. The van der Waals surface area contributed by atoms with E-state index in [0.717, 1.165) is 0 Å². The Morgan fingerprint density at radius 2 is 1.85 bits per heavy atom. The van der Waals surface area contributed by atoms with Crippen molar-refractivity contribution in [3.63, 3.8) is 0 Å². The summed E-state index contributed by atoms with van der Waals surface area (Å²) >= 11 is 12.4. The minimum absolute atomic E-state index is 0.0438. The molecule has 7 nitrogen and oxygen atoms in total. The average molecular weight is 398 g/mol. The van der Waals surface area contributed by atoms with Crippen LogP contribution in [-0.4, -0.2) is 27.5 Å². The third kappa shape index (κ3) is 5.19. The lowest BCUT2D eigenvalue weighted by Crippen LogP contribution is -2.28. The highest BCUT2D eigenvalue weighted by Crippen LogP contribution is 2.34. The number of benzene rings is 1. The first-order valence-electron chi connectivity index (χ1n) is 8.00. The Labute approximate surface area is 161 Å². The molecule has 0 spiro atoms. The van der Waals surface area contributed by atoms with Gasteiger partial charge in [-0.15, -0.1) is 10.2 Å². The van der Waals surface area contributed by atoms with Crippen molar-refractivity contribution in [2.24, 2.45) is 5.10 Å². The van der Waals surface area contributed by atoms with Crippen LogP contribution in [0.1, 0.15) is 45.9 Å². The van der Waals surface area contributed by atoms with Crippen molar-refractivity contribution < 1.29 is 4.74 Å². The number of hydrogen-bond acceptors (Lipinski definition) is 6. The summed E-state index contributed by atoms with van der Waals surface area (Å²) in [6.45, 7) is 9.43. The number of hydrazone groups is 1. The molecule has 0 radical (unpaired) electrons. The Balaban J connectivity index is 2.14. The highest BCUT2D eigenvalue weighted by molar-refractivity contribution is 6.37. The molecule has 0 aliphatic heterocycles. The second-order valence-electron chi connectivity index (χ2n) is 6.95. The fourth-order valence-electron chi connectivity index (χ4n) is 2.05. The highest BCUT2D eigenvalue weighted by atomic mass is 35.5.